The van der Waals surface area contributed by atoms with E-state index in [9.17, 15) is 36.6 Å². The van der Waals surface area contributed by atoms with Gasteiger partial charge in [-0.05, 0) is 42.0 Å². The van der Waals surface area contributed by atoms with Gasteiger partial charge in [0.1, 0.15) is 17.7 Å². The lowest BCUT2D eigenvalue weighted by Crippen LogP contribution is -2.50. The monoisotopic (exact) mass is 499 g/mol. The maximum absolute atomic E-state index is 13.2. The molecular formula is C23H22F5N3O4. The highest BCUT2D eigenvalue weighted by Gasteiger charge is 2.31. The molecule has 0 aromatic heterocycles. The quantitative estimate of drug-likeness (QED) is 0.346. The second-order valence-electron chi connectivity index (χ2n) is 7.74. The molecule has 1 aliphatic rings. The lowest BCUT2D eigenvalue weighted by atomic mass is 10.0. The van der Waals surface area contributed by atoms with Gasteiger partial charge in [-0.3, -0.25) is 4.79 Å². The summed E-state index contributed by atoms with van der Waals surface area (Å²) in [6.07, 6.45) is -3.23. The van der Waals surface area contributed by atoms with Crippen LogP contribution in [0.15, 0.2) is 54.6 Å². The van der Waals surface area contributed by atoms with Gasteiger partial charge in [0.05, 0.1) is 30.7 Å². The Balaban J connectivity index is 1.50. The Kier molecular flexibility index (Phi) is 8.41. The van der Waals surface area contributed by atoms with Crippen LogP contribution in [0.4, 0.5) is 32.4 Å². The van der Waals surface area contributed by atoms with Gasteiger partial charge in [-0.2, -0.15) is 13.2 Å². The van der Waals surface area contributed by atoms with Crippen molar-refractivity contribution in [2.45, 2.75) is 37.4 Å². The molecule has 0 spiro atoms. The molecule has 0 bridgehead atoms. The number of carbonyl (C=O) groups is 2. The summed E-state index contributed by atoms with van der Waals surface area (Å²) in [5.41, 5.74) is -0.484. The molecular weight excluding hydrogens is 477 g/mol. The van der Waals surface area contributed by atoms with E-state index >= 15 is 0 Å². The van der Waals surface area contributed by atoms with Crippen molar-refractivity contribution in [3.05, 3.63) is 77.4 Å². The summed E-state index contributed by atoms with van der Waals surface area (Å²) in [7, 11) is 0. The SMILES string of the molecule is O=C(C[C@@H]1C=C[C@H](NC(=O)Nc2ccc(C(F)(F)F)cc2)[C@H](CO)O1)NCc1cc(F)cc(F)c1. The van der Waals surface area contributed by atoms with Crippen molar-refractivity contribution in [2.24, 2.45) is 0 Å². The molecule has 3 rings (SSSR count). The molecule has 2 aromatic carbocycles. The summed E-state index contributed by atoms with van der Waals surface area (Å²) < 4.78 is 70.0. The number of alkyl halides is 3. The van der Waals surface area contributed by atoms with Gasteiger partial charge in [-0.15, -0.1) is 0 Å². The fourth-order valence-corrected chi connectivity index (χ4v) is 3.37. The predicted molar refractivity (Wildman–Crippen MR) is 115 cm³/mol. The van der Waals surface area contributed by atoms with Crippen LogP contribution in [0.25, 0.3) is 0 Å². The highest BCUT2D eigenvalue weighted by molar-refractivity contribution is 5.89. The minimum atomic E-state index is -4.50. The Bertz CT molecular complexity index is 1060. The van der Waals surface area contributed by atoms with Crippen LogP contribution in [0.3, 0.4) is 0 Å². The van der Waals surface area contributed by atoms with Crippen LogP contribution in [0.2, 0.25) is 0 Å². The van der Waals surface area contributed by atoms with Gasteiger partial charge in [-0.1, -0.05) is 12.2 Å². The molecule has 0 radical (unpaired) electrons. The largest absolute Gasteiger partial charge is 0.416 e. The van der Waals surface area contributed by atoms with E-state index in [1.807, 2.05) is 0 Å². The fraction of sp³-hybridized carbons (Fsp3) is 0.304. The molecule has 35 heavy (non-hydrogen) atoms. The van der Waals surface area contributed by atoms with Crippen molar-refractivity contribution < 1.29 is 41.4 Å². The van der Waals surface area contributed by atoms with Crippen LogP contribution < -0.4 is 16.0 Å². The van der Waals surface area contributed by atoms with Gasteiger partial charge < -0.3 is 25.8 Å². The first kappa shape index (κ1) is 26.1. The number of aliphatic hydroxyl groups is 1. The summed E-state index contributed by atoms with van der Waals surface area (Å²) in [6.45, 7) is -0.585. The van der Waals surface area contributed by atoms with E-state index in [1.54, 1.807) is 0 Å². The first-order chi connectivity index (χ1) is 16.5. The van der Waals surface area contributed by atoms with Crippen LogP contribution in [0.5, 0.6) is 0 Å². The van der Waals surface area contributed by atoms with E-state index in [0.717, 1.165) is 42.5 Å². The van der Waals surface area contributed by atoms with Crippen LogP contribution >= 0.6 is 0 Å². The summed E-state index contributed by atoms with van der Waals surface area (Å²) >= 11 is 0. The van der Waals surface area contributed by atoms with Crippen LogP contribution in [0.1, 0.15) is 17.5 Å². The van der Waals surface area contributed by atoms with Crippen molar-refractivity contribution in [1.82, 2.24) is 10.6 Å². The zero-order valence-electron chi connectivity index (χ0n) is 18.1. The Hall–Kier alpha value is -3.51. The molecule has 0 saturated heterocycles. The molecule has 12 heteroatoms. The topological polar surface area (TPSA) is 99.7 Å². The number of benzene rings is 2. The zero-order valence-corrected chi connectivity index (χ0v) is 18.1. The van der Waals surface area contributed by atoms with Crippen molar-refractivity contribution in [1.29, 1.82) is 0 Å². The van der Waals surface area contributed by atoms with Gasteiger partial charge in [0.2, 0.25) is 5.91 Å². The number of aliphatic hydroxyl groups excluding tert-OH is 1. The summed E-state index contributed by atoms with van der Waals surface area (Å²) in [5, 5.41) is 17.1. The average Bonchev–Trinajstić information content (AvgIpc) is 2.78. The molecule has 1 aliphatic heterocycles. The predicted octanol–water partition coefficient (Wildman–Crippen LogP) is 3.50. The maximum Gasteiger partial charge on any atom is 0.416 e. The van der Waals surface area contributed by atoms with Gasteiger partial charge in [0.25, 0.3) is 0 Å². The summed E-state index contributed by atoms with van der Waals surface area (Å²) in [6, 6.07) is 5.26. The van der Waals surface area contributed by atoms with Gasteiger partial charge >= 0.3 is 12.2 Å². The lowest BCUT2D eigenvalue weighted by Gasteiger charge is -2.31. The number of urea groups is 1. The number of amides is 3. The standard InChI is InChI=1S/C23H22F5N3O4/c24-15-7-13(8-16(25)9-15)11-29-21(33)10-18-5-6-19(20(12-32)35-18)31-22(34)30-17-3-1-14(2-4-17)23(26,27)28/h1-9,18-20,32H,10-12H2,(H,29,33)(H2,30,31,34)/t18-,19-,20-/m0/s1. The van der Waals surface area contributed by atoms with Crippen LogP contribution in [0, 0.1) is 11.6 Å². The van der Waals surface area contributed by atoms with Gasteiger partial charge in [0.15, 0.2) is 0 Å². The van der Waals surface area contributed by atoms with E-state index in [4.69, 9.17) is 4.74 Å². The Labute approximate surface area is 197 Å². The fourth-order valence-electron chi connectivity index (χ4n) is 3.37. The van der Waals surface area contributed by atoms with E-state index in [2.05, 4.69) is 16.0 Å². The molecule has 0 saturated carbocycles. The number of carbonyl (C=O) groups excluding carboxylic acids is 2. The minimum Gasteiger partial charge on any atom is -0.394 e. The molecule has 7 nitrogen and oxygen atoms in total. The maximum atomic E-state index is 13.2. The molecule has 4 N–H and O–H groups in total. The molecule has 1 heterocycles. The minimum absolute atomic E-state index is 0.0956. The van der Waals surface area contributed by atoms with Crippen molar-refractivity contribution in [3.8, 4) is 0 Å². The van der Waals surface area contributed by atoms with E-state index < -0.39 is 60.2 Å². The molecule has 0 fully saturated rings. The summed E-state index contributed by atoms with van der Waals surface area (Å²) in [5.74, 6) is -1.99. The van der Waals surface area contributed by atoms with Crippen molar-refractivity contribution in [2.75, 3.05) is 11.9 Å². The third-order valence-electron chi connectivity index (χ3n) is 5.03. The number of hydrogen-bond acceptors (Lipinski definition) is 4. The normalized spacial score (nSPS) is 19.8. The number of anilines is 1. The lowest BCUT2D eigenvalue weighted by molar-refractivity contribution is -0.137. The molecule has 188 valence electrons. The first-order valence-electron chi connectivity index (χ1n) is 10.4. The third-order valence-corrected chi connectivity index (χ3v) is 5.03. The zero-order chi connectivity index (χ0) is 25.6. The number of rotatable bonds is 7. The van der Waals surface area contributed by atoms with E-state index in [1.165, 1.54) is 12.2 Å². The number of ether oxygens (including phenoxy) is 1. The summed E-state index contributed by atoms with van der Waals surface area (Å²) in [4.78, 5) is 24.4. The second-order valence-corrected chi connectivity index (χ2v) is 7.74. The number of hydrogen-bond donors (Lipinski definition) is 4. The van der Waals surface area contributed by atoms with Crippen LogP contribution in [-0.4, -0.2) is 41.9 Å². The number of halogens is 5. The third kappa shape index (κ3) is 7.76. The molecule has 2 aromatic rings. The Morgan fingerprint density at radius 3 is 2.26 bits per heavy atom. The molecule has 3 amide bonds. The van der Waals surface area contributed by atoms with Crippen LogP contribution in [-0.2, 0) is 22.3 Å². The molecule has 0 unspecified atom stereocenters. The van der Waals surface area contributed by atoms with Gasteiger partial charge in [0, 0.05) is 18.3 Å². The highest BCUT2D eigenvalue weighted by atomic mass is 19.4. The van der Waals surface area contributed by atoms with E-state index in [-0.39, 0.29) is 24.2 Å². The van der Waals surface area contributed by atoms with E-state index in [0.29, 0.717) is 0 Å². The van der Waals surface area contributed by atoms with Gasteiger partial charge in [-0.25, -0.2) is 13.6 Å². The average molecular weight is 499 g/mol. The Morgan fingerprint density at radius 2 is 1.66 bits per heavy atom. The number of nitrogens with one attached hydrogen (secondary N) is 3. The molecule has 0 aliphatic carbocycles. The Morgan fingerprint density at radius 1 is 1.00 bits per heavy atom. The smallest absolute Gasteiger partial charge is 0.394 e. The molecule has 3 atom stereocenters. The van der Waals surface area contributed by atoms with Crippen molar-refractivity contribution in [3.63, 3.8) is 0 Å². The second kappa shape index (κ2) is 11.3. The van der Waals surface area contributed by atoms with Crippen molar-refractivity contribution >= 4 is 17.6 Å². The highest BCUT2D eigenvalue weighted by Crippen LogP contribution is 2.29. The first-order valence-corrected chi connectivity index (χ1v) is 10.4.